The molecule has 17 heavy (non-hydrogen) atoms. The van der Waals surface area contributed by atoms with Crippen molar-refractivity contribution >= 4 is 10.8 Å². The smallest absolute Gasteiger partial charge is 0.0437 e. The first-order valence-electron chi connectivity index (χ1n) is 6.15. The zero-order chi connectivity index (χ0) is 12.5. The minimum Gasteiger partial charge on any atom is -0.308 e. The zero-order valence-electron chi connectivity index (χ0n) is 10.8. The Morgan fingerprint density at radius 1 is 1.24 bits per heavy atom. The molecule has 1 aromatic carbocycles. The molecule has 1 N–H and O–H groups in total. The fourth-order valence-electron chi connectivity index (χ4n) is 2.10. The lowest BCUT2D eigenvalue weighted by atomic mass is 9.86. The van der Waals surface area contributed by atoms with E-state index in [-0.39, 0.29) is 11.5 Å². The molecule has 1 aliphatic heterocycles. The topological polar surface area (TPSA) is 29.1 Å². The first kappa shape index (κ1) is 12.8. The predicted octanol–water partition coefficient (Wildman–Crippen LogP) is 2.38. The molecule has 3 heteroatoms. The molecule has 1 aliphatic rings. The summed E-state index contributed by atoms with van der Waals surface area (Å²) >= 11 is 0. The summed E-state index contributed by atoms with van der Waals surface area (Å²) in [6.07, 6.45) is 0. The summed E-state index contributed by atoms with van der Waals surface area (Å²) in [6, 6.07) is 8.98. The third-order valence-corrected chi connectivity index (χ3v) is 4.62. The van der Waals surface area contributed by atoms with Crippen molar-refractivity contribution in [3.05, 3.63) is 35.4 Å². The van der Waals surface area contributed by atoms with Gasteiger partial charge in [-0.05, 0) is 16.5 Å². The van der Waals surface area contributed by atoms with E-state index in [9.17, 15) is 4.21 Å². The molecule has 2 rings (SSSR count). The van der Waals surface area contributed by atoms with E-state index in [1.54, 1.807) is 0 Å². The number of hydrogen-bond acceptors (Lipinski definition) is 2. The van der Waals surface area contributed by atoms with Crippen molar-refractivity contribution in [2.75, 3.05) is 18.1 Å². The Balaban J connectivity index is 2.15. The Morgan fingerprint density at radius 3 is 2.41 bits per heavy atom. The Morgan fingerprint density at radius 2 is 1.88 bits per heavy atom. The number of hydrogen-bond donors (Lipinski definition) is 1. The van der Waals surface area contributed by atoms with Crippen molar-refractivity contribution in [2.45, 2.75) is 32.2 Å². The highest BCUT2D eigenvalue weighted by atomic mass is 32.2. The summed E-state index contributed by atoms with van der Waals surface area (Å²) in [5.41, 5.74) is 2.80. The summed E-state index contributed by atoms with van der Waals surface area (Å²) < 4.78 is 11.5. The molecule has 2 atom stereocenters. The minimum atomic E-state index is -0.656. The Hall–Kier alpha value is -0.670. The van der Waals surface area contributed by atoms with E-state index in [2.05, 4.69) is 50.4 Å². The molecular formula is C14H21NOS. The van der Waals surface area contributed by atoms with Gasteiger partial charge in [-0.25, -0.2) is 0 Å². The molecule has 2 nitrogen and oxygen atoms in total. The van der Waals surface area contributed by atoms with Gasteiger partial charge in [0.1, 0.15) is 0 Å². The van der Waals surface area contributed by atoms with Crippen LogP contribution in [0.2, 0.25) is 0 Å². The van der Waals surface area contributed by atoms with Crippen molar-refractivity contribution in [2.24, 2.45) is 0 Å². The van der Waals surface area contributed by atoms with Crippen LogP contribution in [0.5, 0.6) is 0 Å². The van der Waals surface area contributed by atoms with E-state index < -0.39 is 10.8 Å². The van der Waals surface area contributed by atoms with Crippen LogP contribution in [0.15, 0.2) is 24.3 Å². The maximum absolute atomic E-state index is 11.5. The normalized spacial score (nSPS) is 25.8. The molecule has 1 saturated heterocycles. The van der Waals surface area contributed by atoms with Crippen molar-refractivity contribution < 1.29 is 4.21 Å². The highest BCUT2D eigenvalue weighted by Crippen LogP contribution is 2.24. The van der Waals surface area contributed by atoms with Gasteiger partial charge in [0.05, 0.1) is 0 Å². The Labute approximate surface area is 106 Å². The third kappa shape index (κ3) is 3.17. The molecule has 1 fully saturated rings. The van der Waals surface area contributed by atoms with Crippen LogP contribution in [-0.2, 0) is 16.2 Å². The molecule has 0 radical (unpaired) electrons. The standard InChI is InChI=1S/C14H21NOS/c1-14(2,3)12-6-4-11(5-7-12)13-10-17(16)9-8-15-13/h4-7,13,15H,8-10H2,1-3H3. The molecule has 0 aliphatic carbocycles. The molecule has 0 saturated carbocycles. The van der Waals surface area contributed by atoms with Crippen molar-refractivity contribution in [3.8, 4) is 0 Å². The molecule has 94 valence electrons. The highest BCUT2D eigenvalue weighted by molar-refractivity contribution is 7.85. The van der Waals surface area contributed by atoms with Gasteiger partial charge in [-0.2, -0.15) is 0 Å². The van der Waals surface area contributed by atoms with Crippen molar-refractivity contribution in [1.29, 1.82) is 0 Å². The Kier molecular flexibility index (Phi) is 3.69. The van der Waals surface area contributed by atoms with E-state index in [4.69, 9.17) is 0 Å². The minimum absolute atomic E-state index is 0.196. The van der Waals surface area contributed by atoms with Crippen LogP contribution in [0.25, 0.3) is 0 Å². The van der Waals surface area contributed by atoms with Gasteiger partial charge >= 0.3 is 0 Å². The van der Waals surface area contributed by atoms with Crippen LogP contribution >= 0.6 is 0 Å². The molecule has 0 bridgehead atoms. The summed E-state index contributed by atoms with van der Waals surface area (Å²) in [5.74, 6) is 1.53. The van der Waals surface area contributed by atoms with Gasteiger partial charge in [-0.1, -0.05) is 45.0 Å². The van der Waals surface area contributed by atoms with Gasteiger partial charge in [-0.15, -0.1) is 0 Å². The highest BCUT2D eigenvalue weighted by Gasteiger charge is 2.20. The van der Waals surface area contributed by atoms with Gasteiger partial charge in [-0.3, -0.25) is 4.21 Å². The second kappa shape index (κ2) is 4.91. The number of benzene rings is 1. The number of rotatable bonds is 1. The molecule has 0 spiro atoms. The number of nitrogens with one attached hydrogen (secondary N) is 1. The lowest BCUT2D eigenvalue weighted by Gasteiger charge is -2.25. The average molecular weight is 251 g/mol. The van der Waals surface area contributed by atoms with Crippen LogP contribution < -0.4 is 5.32 Å². The third-order valence-electron chi connectivity index (χ3n) is 3.25. The van der Waals surface area contributed by atoms with E-state index in [0.717, 1.165) is 18.1 Å². The van der Waals surface area contributed by atoms with Crippen LogP contribution in [0.1, 0.15) is 37.9 Å². The van der Waals surface area contributed by atoms with Crippen LogP contribution in [0.3, 0.4) is 0 Å². The average Bonchev–Trinajstić information content (AvgIpc) is 2.28. The second-order valence-corrected chi connectivity index (χ2v) is 7.31. The molecule has 0 amide bonds. The van der Waals surface area contributed by atoms with Crippen LogP contribution in [0, 0.1) is 0 Å². The van der Waals surface area contributed by atoms with E-state index in [0.29, 0.717) is 0 Å². The summed E-state index contributed by atoms with van der Waals surface area (Å²) in [7, 11) is -0.656. The van der Waals surface area contributed by atoms with Gasteiger partial charge in [0.2, 0.25) is 0 Å². The summed E-state index contributed by atoms with van der Waals surface area (Å²) in [4.78, 5) is 0. The first-order chi connectivity index (χ1) is 7.97. The van der Waals surface area contributed by atoms with Crippen molar-refractivity contribution in [1.82, 2.24) is 5.32 Å². The van der Waals surface area contributed by atoms with Crippen LogP contribution in [0.4, 0.5) is 0 Å². The lowest BCUT2D eigenvalue weighted by Crippen LogP contribution is -2.36. The largest absolute Gasteiger partial charge is 0.308 e. The maximum atomic E-state index is 11.5. The fourth-order valence-corrected chi connectivity index (χ4v) is 3.30. The van der Waals surface area contributed by atoms with E-state index in [1.807, 2.05) is 0 Å². The van der Waals surface area contributed by atoms with Crippen LogP contribution in [-0.4, -0.2) is 22.3 Å². The summed E-state index contributed by atoms with van der Waals surface area (Å²) in [5, 5.41) is 3.43. The van der Waals surface area contributed by atoms with Gasteiger partial charge < -0.3 is 5.32 Å². The fraction of sp³-hybridized carbons (Fsp3) is 0.571. The molecule has 2 unspecified atom stereocenters. The molecule has 0 aromatic heterocycles. The zero-order valence-corrected chi connectivity index (χ0v) is 11.6. The quantitative estimate of drug-likeness (QED) is 0.830. The lowest BCUT2D eigenvalue weighted by molar-refractivity contribution is 0.568. The molecule has 1 heterocycles. The predicted molar refractivity (Wildman–Crippen MR) is 73.8 cm³/mol. The maximum Gasteiger partial charge on any atom is 0.0437 e. The van der Waals surface area contributed by atoms with Gasteiger partial charge in [0.25, 0.3) is 0 Å². The monoisotopic (exact) mass is 251 g/mol. The molecular weight excluding hydrogens is 230 g/mol. The van der Waals surface area contributed by atoms with Gasteiger partial charge in [0, 0.05) is 34.9 Å². The van der Waals surface area contributed by atoms with E-state index in [1.165, 1.54) is 11.1 Å². The Bertz CT molecular complexity index is 405. The van der Waals surface area contributed by atoms with Gasteiger partial charge in [0.15, 0.2) is 0 Å². The SMILES string of the molecule is CC(C)(C)c1ccc(C2CS(=O)CCN2)cc1. The van der Waals surface area contributed by atoms with E-state index >= 15 is 0 Å². The molecule has 1 aromatic rings. The van der Waals surface area contributed by atoms with Crippen molar-refractivity contribution in [3.63, 3.8) is 0 Å². The second-order valence-electron chi connectivity index (χ2n) is 5.69. The summed E-state index contributed by atoms with van der Waals surface area (Å²) in [6.45, 7) is 7.51. The first-order valence-corrected chi connectivity index (χ1v) is 7.64.